The molecule has 0 saturated heterocycles. The smallest absolute Gasteiger partial charge is 0.226 e. The van der Waals surface area contributed by atoms with E-state index in [2.05, 4.69) is 4.72 Å². The van der Waals surface area contributed by atoms with Crippen LogP contribution in [0.2, 0.25) is 0 Å². The Morgan fingerprint density at radius 2 is 1.81 bits per heavy atom. The molecule has 0 aromatic heterocycles. The van der Waals surface area contributed by atoms with Crippen LogP contribution in [-0.2, 0) is 19.9 Å². The fraction of sp³-hybridized carbons (Fsp3) is 0.857. The molecule has 16 heavy (non-hydrogen) atoms. The van der Waals surface area contributed by atoms with Gasteiger partial charge in [-0.2, -0.15) is 0 Å². The lowest BCUT2D eigenvalue weighted by Gasteiger charge is -2.27. The molecule has 0 aliphatic rings. The first-order valence-electron chi connectivity index (χ1n) is 4.46. The molecule has 0 rings (SSSR count). The molecular weight excluding hydrogens is 254 g/mol. The fourth-order valence-corrected chi connectivity index (χ4v) is 4.40. The summed E-state index contributed by atoms with van der Waals surface area (Å²) in [6.07, 6.45) is 1.08. The highest BCUT2D eigenvalue weighted by Gasteiger charge is 2.32. The molecule has 0 fully saturated rings. The molecule has 7 nitrogen and oxygen atoms in total. The van der Waals surface area contributed by atoms with Gasteiger partial charge in [0, 0.05) is 6.26 Å². The van der Waals surface area contributed by atoms with E-state index in [-0.39, 0.29) is 12.3 Å². The van der Waals surface area contributed by atoms with Crippen LogP contribution in [0.4, 0.5) is 0 Å². The number of sulfone groups is 1. The molecule has 0 spiro atoms. The third kappa shape index (κ3) is 4.90. The summed E-state index contributed by atoms with van der Waals surface area (Å²) < 4.78 is 46.9. The topological polar surface area (TPSA) is 130 Å². The van der Waals surface area contributed by atoms with Gasteiger partial charge in [0.2, 0.25) is 10.0 Å². The van der Waals surface area contributed by atoms with Crippen LogP contribution >= 0.6 is 0 Å². The molecule has 0 radical (unpaired) electrons. The van der Waals surface area contributed by atoms with E-state index in [1.165, 1.54) is 6.92 Å². The summed E-state index contributed by atoms with van der Waals surface area (Å²) >= 11 is 0. The highest BCUT2D eigenvalue weighted by atomic mass is 32.3. The predicted octanol–water partition coefficient (Wildman–Crippen LogP) is -0.987. The van der Waals surface area contributed by atoms with Crippen molar-refractivity contribution in [2.75, 3.05) is 11.3 Å². The second kappa shape index (κ2) is 4.68. The van der Waals surface area contributed by atoms with Gasteiger partial charge < -0.3 is 5.73 Å². The maximum Gasteiger partial charge on any atom is 0.226 e. The van der Waals surface area contributed by atoms with Crippen molar-refractivity contribution in [2.45, 2.75) is 25.8 Å². The average Bonchev–Trinajstić information content (AvgIpc) is 1.97. The summed E-state index contributed by atoms with van der Waals surface area (Å²) in [5.41, 5.74) is 4.01. The minimum atomic E-state index is -4.01. The van der Waals surface area contributed by atoms with Crippen LogP contribution in [0, 0.1) is 5.41 Å². The molecule has 1 atom stereocenters. The van der Waals surface area contributed by atoms with Gasteiger partial charge in [0.1, 0.15) is 5.84 Å². The first kappa shape index (κ1) is 15.3. The van der Waals surface area contributed by atoms with E-state index >= 15 is 0 Å². The predicted molar refractivity (Wildman–Crippen MR) is 62.4 cm³/mol. The highest BCUT2D eigenvalue weighted by molar-refractivity contribution is 8.06. The van der Waals surface area contributed by atoms with Crippen molar-refractivity contribution in [2.24, 2.45) is 5.73 Å². The maximum atomic E-state index is 11.5. The van der Waals surface area contributed by atoms with Crippen molar-refractivity contribution in [3.8, 4) is 0 Å². The monoisotopic (exact) mass is 271 g/mol. The Kier molecular flexibility index (Phi) is 4.48. The maximum absolute atomic E-state index is 11.5. The van der Waals surface area contributed by atoms with Gasteiger partial charge in [-0.05, 0) is 13.3 Å². The van der Waals surface area contributed by atoms with Gasteiger partial charge in [0.15, 0.2) is 14.9 Å². The average molecular weight is 271 g/mol. The molecule has 0 heterocycles. The minimum Gasteiger partial charge on any atom is -0.386 e. The zero-order valence-electron chi connectivity index (χ0n) is 9.44. The summed E-state index contributed by atoms with van der Waals surface area (Å²) in [5, 5.41) is 6.25. The van der Waals surface area contributed by atoms with E-state index in [4.69, 9.17) is 11.1 Å². The number of nitrogens with one attached hydrogen (secondary N) is 2. The van der Waals surface area contributed by atoms with Crippen molar-refractivity contribution in [3.63, 3.8) is 0 Å². The van der Waals surface area contributed by atoms with Crippen molar-refractivity contribution >= 4 is 25.7 Å². The summed E-state index contributed by atoms with van der Waals surface area (Å²) in [7, 11) is -7.66. The Bertz CT molecular complexity index is 468. The number of hydrogen-bond donors (Lipinski definition) is 3. The molecule has 0 aromatic rings. The van der Waals surface area contributed by atoms with E-state index in [1.54, 1.807) is 6.92 Å². The van der Waals surface area contributed by atoms with Crippen molar-refractivity contribution in [3.05, 3.63) is 0 Å². The van der Waals surface area contributed by atoms with Crippen LogP contribution in [0.15, 0.2) is 0 Å². The third-order valence-electron chi connectivity index (χ3n) is 2.05. The number of sulfonamides is 1. The standard InChI is InChI=1S/C7H17N3O4S2/c1-4-7(2,6(8)9)10-16(13,14)5-15(3,11)12/h10H,4-5H2,1-3H3,(H3,8,9). The summed E-state index contributed by atoms with van der Waals surface area (Å²) in [6, 6.07) is 0. The van der Waals surface area contributed by atoms with Crippen LogP contribution in [0.1, 0.15) is 20.3 Å². The molecule has 9 heteroatoms. The second-order valence-electron chi connectivity index (χ2n) is 3.86. The van der Waals surface area contributed by atoms with Crippen LogP contribution in [0.5, 0.6) is 0 Å². The van der Waals surface area contributed by atoms with Gasteiger partial charge in [-0.3, -0.25) is 5.41 Å². The van der Waals surface area contributed by atoms with Crippen molar-refractivity contribution in [1.29, 1.82) is 5.41 Å². The second-order valence-corrected chi connectivity index (χ2v) is 8.09. The normalized spacial score (nSPS) is 16.7. The quantitative estimate of drug-likeness (QED) is 0.422. The van der Waals surface area contributed by atoms with E-state index in [0.717, 1.165) is 6.26 Å². The minimum absolute atomic E-state index is 0.255. The molecule has 0 aliphatic carbocycles. The lowest BCUT2D eigenvalue weighted by molar-refractivity contribution is 0.507. The number of amidine groups is 1. The number of hydrogen-bond acceptors (Lipinski definition) is 5. The zero-order chi connectivity index (χ0) is 13.2. The Morgan fingerprint density at radius 1 is 1.38 bits per heavy atom. The van der Waals surface area contributed by atoms with Crippen LogP contribution in [0.3, 0.4) is 0 Å². The summed E-state index contributed by atoms with van der Waals surface area (Å²) in [5.74, 6) is -0.355. The molecule has 4 N–H and O–H groups in total. The molecule has 1 unspecified atom stereocenters. The Labute approximate surface area is 95.9 Å². The highest BCUT2D eigenvalue weighted by Crippen LogP contribution is 2.11. The Balaban J connectivity index is 5.05. The van der Waals surface area contributed by atoms with E-state index in [0.29, 0.717) is 0 Å². The van der Waals surface area contributed by atoms with Gasteiger partial charge in [-0.15, -0.1) is 0 Å². The Morgan fingerprint density at radius 3 is 2.06 bits per heavy atom. The molecule has 0 saturated carbocycles. The van der Waals surface area contributed by atoms with E-state index in [9.17, 15) is 16.8 Å². The fourth-order valence-electron chi connectivity index (χ4n) is 0.972. The van der Waals surface area contributed by atoms with Gasteiger partial charge in [-0.1, -0.05) is 6.92 Å². The van der Waals surface area contributed by atoms with Crippen molar-refractivity contribution in [1.82, 2.24) is 4.72 Å². The third-order valence-corrected chi connectivity index (χ3v) is 5.77. The SMILES string of the molecule is CCC(C)(NS(=O)(=O)CS(C)(=O)=O)C(=N)N. The molecule has 96 valence electrons. The molecule has 0 amide bonds. The number of nitrogens with two attached hydrogens (primary N) is 1. The number of rotatable bonds is 6. The van der Waals surface area contributed by atoms with Crippen LogP contribution in [-0.4, -0.2) is 39.6 Å². The van der Waals surface area contributed by atoms with Crippen molar-refractivity contribution < 1.29 is 16.8 Å². The Hall–Kier alpha value is -0.670. The first-order chi connectivity index (χ1) is 6.92. The van der Waals surface area contributed by atoms with Gasteiger partial charge >= 0.3 is 0 Å². The van der Waals surface area contributed by atoms with Crippen LogP contribution in [0.25, 0.3) is 0 Å². The van der Waals surface area contributed by atoms with E-state index in [1.807, 2.05) is 0 Å². The van der Waals surface area contributed by atoms with Gasteiger partial charge in [-0.25, -0.2) is 21.6 Å². The first-order valence-corrected chi connectivity index (χ1v) is 8.17. The zero-order valence-corrected chi connectivity index (χ0v) is 11.1. The largest absolute Gasteiger partial charge is 0.386 e. The van der Waals surface area contributed by atoms with Gasteiger partial charge in [0.25, 0.3) is 0 Å². The lowest BCUT2D eigenvalue weighted by Crippen LogP contribution is -2.55. The van der Waals surface area contributed by atoms with E-state index < -0.39 is 30.5 Å². The summed E-state index contributed by atoms with van der Waals surface area (Å²) in [6.45, 7) is 3.07. The molecule has 0 bridgehead atoms. The van der Waals surface area contributed by atoms with Crippen LogP contribution < -0.4 is 10.5 Å². The van der Waals surface area contributed by atoms with Gasteiger partial charge in [0.05, 0.1) is 5.54 Å². The molecular formula is C7H17N3O4S2. The summed E-state index contributed by atoms with van der Waals surface area (Å²) in [4.78, 5) is 0. The lowest BCUT2D eigenvalue weighted by atomic mass is 10.00. The molecule has 0 aromatic carbocycles. The molecule has 0 aliphatic heterocycles.